The van der Waals surface area contributed by atoms with E-state index < -0.39 is 17.3 Å². The summed E-state index contributed by atoms with van der Waals surface area (Å²) in [5, 5.41) is 3.56. The van der Waals surface area contributed by atoms with Gasteiger partial charge in [0.25, 0.3) is 5.56 Å². The van der Waals surface area contributed by atoms with Gasteiger partial charge in [-0.1, -0.05) is 17.7 Å². The van der Waals surface area contributed by atoms with E-state index in [0.29, 0.717) is 17.7 Å². The molecule has 0 saturated heterocycles. The van der Waals surface area contributed by atoms with Gasteiger partial charge in [-0.2, -0.15) is 23.0 Å². The number of aromatic nitrogens is 3. The summed E-state index contributed by atoms with van der Waals surface area (Å²) >= 11 is 6.04. The standard InChI is InChI=1S/C17H11ClF3N3O3/c1-26-11-3-2-4-12(7-11)27-13-9-23-24(16(25)15(13)18)14-6-5-10(8-22-14)17(19,20)21/h2-9H,1H3. The average molecular weight is 398 g/mol. The minimum atomic E-state index is -4.53. The molecular weight excluding hydrogens is 387 g/mol. The maximum atomic E-state index is 12.6. The molecule has 0 radical (unpaired) electrons. The smallest absolute Gasteiger partial charge is 0.417 e. The second-order valence-corrected chi connectivity index (χ2v) is 5.60. The van der Waals surface area contributed by atoms with Crippen molar-refractivity contribution in [2.75, 3.05) is 7.11 Å². The lowest BCUT2D eigenvalue weighted by Gasteiger charge is -2.11. The summed E-state index contributed by atoms with van der Waals surface area (Å²) in [5.41, 5.74) is -1.73. The van der Waals surface area contributed by atoms with Crippen LogP contribution in [0.1, 0.15) is 5.56 Å². The molecule has 0 aliphatic rings. The number of nitrogens with zero attached hydrogens (tertiary/aromatic N) is 3. The number of methoxy groups -OCH3 is 1. The molecule has 27 heavy (non-hydrogen) atoms. The molecular formula is C17H11ClF3N3O3. The number of rotatable bonds is 4. The Bertz CT molecular complexity index is 1020. The number of ether oxygens (including phenoxy) is 2. The number of hydrogen-bond donors (Lipinski definition) is 0. The molecule has 6 nitrogen and oxygen atoms in total. The van der Waals surface area contributed by atoms with Crippen LogP contribution in [-0.4, -0.2) is 21.9 Å². The fraction of sp³-hybridized carbons (Fsp3) is 0.118. The summed E-state index contributed by atoms with van der Waals surface area (Å²) in [6.07, 6.45) is -2.75. The van der Waals surface area contributed by atoms with E-state index in [1.807, 2.05) is 0 Å². The first kappa shape index (κ1) is 18.7. The van der Waals surface area contributed by atoms with Crippen LogP contribution in [0, 0.1) is 0 Å². The summed E-state index contributed by atoms with van der Waals surface area (Å²) in [6, 6.07) is 8.42. The summed E-state index contributed by atoms with van der Waals surface area (Å²) in [4.78, 5) is 16.0. The van der Waals surface area contributed by atoms with E-state index in [4.69, 9.17) is 21.1 Å². The Morgan fingerprint density at radius 2 is 1.85 bits per heavy atom. The van der Waals surface area contributed by atoms with E-state index in [1.165, 1.54) is 13.3 Å². The molecule has 0 saturated carbocycles. The SMILES string of the molecule is COc1cccc(Oc2cnn(-c3ccc(C(F)(F)F)cn3)c(=O)c2Cl)c1. The molecule has 0 amide bonds. The Hall–Kier alpha value is -3.07. The quantitative estimate of drug-likeness (QED) is 0.663. The zero-order chi connectivity index (χ0) is 19.6. The van der Waals surface area contributed by atoms with Gasteiger partial charge in [0.15, 0.2) is 16.6 Å². The van der Waals surface area contributed by atoms with Crippen molar-refractivity contribution in [3.05, 3.63) is 69.7 Å². The van der Waals surface area contributed by atoms with Crippen molar-refractivity contribution in [1.82, 2.24) is 14.8 Å². The van der Waals surface area contributed by atoms with Crippen LogP contribution >= 0.6 is 11.6 Å². The molecule has 0 fully saturated rings. The van der Waals surface area contributed by atoms with Crippen LogP contribution in [0.5, 0.6) is 17.2 Å². The number of benzene rings is 1. The van der Waals surface area contributed by atoms with Gasteiger partial charge in [0.2, 0.25) is 0 Å². The highest BCUT2D eigenvalue weighted by atomic mass is 35.5. The van der Waals surface area contributed by atoms with Crippen molar-refractivity contribution in [3.63, 3.8) is 0 Å². The van der Waals surface area contributed by atoms with Gasteiger partial charge in [-0.15, -0.1) is 0 Å². The predicted octanol–water partition coefficient (Wildman–Crippen LogP) is 4.10. The average Bonchev–Trinajstić information content (AvgIpc) is 2.65. The Kier molecular flexibility index (Phi) is 5.04. The molecule has 10 heteroatoms. The third kappa shape index (κ3) is 4.03. The molecule has 0 spiro atoms. The highest BCUT2D eigenvalue weighted by molar-refractivity contribution is 6.31. The molecule has 2 aromatic heterocycles. The van der Waals surface area contributed by atoms with Gasteiger partial charge in [0, 0.05) is 12.3 Å². The third-order valence-corrected chi connectivity index (χ3v) is 3.80. The number of pyridine rings is 1. The number of halogens is 4. The molecule has 140 valence electrons. The monoisotopic (exact) mass is 397 g/mol. The second-order valence-electron chi connectivity index (χ2n) is 5.22. The van der Waals surface area contributed by atoms with Gasteiger partial charge in [0.1, 0.15) is 11.5 Å². The summed E-state index contributed by atoms with van der Waals surface area (Å²) in [7, 11) is 1.49. The fourth-order valence-electron chi connectivity index (χ4n) is 2.12. The van der Waals surface area contributed by atoms with E-state index in [0.717, 1.165) is 16.8 Å². The summed E-state index contributed by atoms with van der Waals surface area (Å²) in [5.74, 6) is 0.780. The first-order valence-corrected chi connectivity index (χ1v) is 7.81. The predicted molar refractivity (Wildman–Crippen MR) is 90.7 cm³/mol. The van der Waals surface area contributed by atoms with E-state index in [-0.39, 0.29) is 16.6 Å². The zero-order valence-electron chi connectivity index (χ0n) is 13.7. The van der Waals surface area contributed by atoms with Crippen LogP contribution in [-0.2, 0) is 6.18 Å². The molecule has 0 unspecified atom stereocenters. The highest BCUT2D eigenvalue weighted by Gasteiger charge is 2.30. The molecule has 0 N–H and O–H groups in total. The first-order valence-electron chi connectivity index (χ1n) is 7.43. The molecule has 0 aliphatic carbocycles. The van der Waals surface area contributed by atoms with Crippen molar-refractivity contribution < 1.29 is 22.6 Å². The van der Waals surface area contributed by atoms with E-state index >= 15 is 0 Å². The van der Waals surface area contributed by atoms with E-state index in [2.05, 4.69) is 10.1 Å². The van der Waals surface area contributed by atoms with Crippen LogP contribution in [0.25, 0.3) is 5.82 Å². The zero-order valence-corrected chi connectivity index (χ0v) is 14.5. The van der Waals surface area contributed by atoms with Crippen molar-refractivity contribution in [3.8, 4) is 23.1 Å². The van der Waals surface area contributed by atoms with Crippen molar-refractivity contribution in [1.29, 1.82) is 0 Å². The topological polar surface area (TPSA) is 66.2 Å². The third-order valence-electron chi connectivity index (χ3n) is 3.45. The molecule has 3 rings (SSSR count). The van der Waals surface area contributed by atoms with Crippen LogP contribution in [0.2, 0.25) is 5.02 Å². The molecule has 2 heterocycles. The summed E-state index contributed by atoms with van der Waals surface area (Å²) < 4.78 is 49.2. The van der Waals surface area contributed by atoms with Crippen LogP contribution in [0.3, 0.4) is 0 Å². The Morgan fingerprint density at radius 1 is 1.11 bits per heavy atom. The van der Waals surface area contributed by atoms with Gasteiger partial charge in [-0.25, -0.2) is 4.98 Å². The van der Waals surface area contributed by atoms with Crippen LogP contribution in [0.4, 0.5) is 13.2 Å². The van der Waals surface area contributed by atoms with Crippen molar-refractivity contribution in [2.45, 2.75) is 6.18 Å². The molecule has 0 atom stereocenters. The van der Waals surface area contributed by atoms with Gasteiger partial charge in [-0.05, 0) is 24.3 Å². The molecule has 0 aliphatic heterocycles. The lowest BCUT2D eigenvalue weighted by Crippen LogP contribution is -2.22. The lowest BCUT2D eigenvalue weighted by molar-refractivity contribution is -0.137. The Morgan fingerprint density at radius 3 is 2.48 bits per heavy atom. The maximum absolute atomic E-state index is 12.6. The van der Waals surface area contributed by atoms with Gasteiger partial charge < -0.3 is 9.47 Å². The normalized spacial score (nSPS) is 11.3. The first-order chi connectivity index (χ1) is 12.8. The number of alkyl halides is 3. The largest absolute Gasteiger partial charge is 0.497 e. The second kappa shape index (κ2) is 7.28. The van der Waals surface area contributed by atoms with Crippen molar-refractivity contribution in [2.24, 2.45) is 0 Å². The van der Waals surface area contributed by atoms with Crippen LogP contribution < -0.4 is 15.0 Å². The van der Waals surface area contributed by atoms with Crippen LogP contribution in [0.15, 0.2) is 53.6 Å². The number of hydrogen-bond acceptors (Lipinski definition) is 5. The summed E-state index contributed by atoms with van der Waals surface area (Å²) in [6.45, 7) is 0. The molecule has 3 aromatic rings. The fourth-order valence-corrected chi connectivity index (χ4v) is 2.29. The lowest BCUT2D eigenvalue weighted by atomic mass is 10.3. The van der Waals surface area contributed by atoms with Gasteiger partial charge in [-0.3, -0.25) is 4.79 Å². The van der Waals surface area contributed by atoms with Gasteiger partial charge in [0.05, 0.1) is 18.9 Å². The minimum Gasteiger partial charge on any atom is -0.497 e. The minimum absolute atomic E-state index is 0.0157. The Balaban J connectivity index is 1.92. The van der Waals surface area contributed by atoms with E-state index in [9.17, 15) is 18.0 Å². The van der Waals surface area contributed by atoms with E-state index in [1.54, 1.807) is 24.3 Å². The highest BCUT2D eigenvalue weighted by Crippen LogP contribution is 2.30. The Labute approximate surface area is 155 Å². The molecule has 0 bridgehead atoms. The molecule has 1 aromatic carbocycles. The van der Waals surface area contributed by atoms with Crippen molar-refractivity contribution >= 4 is 11.6 Å². The maximum Gasteiger partial charge on any atom is 0.417 e. The van der Waals surface area contributed by atoms with Gasteiger partial charge >= 0.3 is 6.18 Å².